The van der Waals surface area contributed by atoms with Crippen LogP contribution in [0.2, 0.25) is 5.02 Å². The molecule has 2 aromatic carbocycles. The molecule has 0 aliphatic carbocycles. The molecule has 26 heavy (non-hydrogen) atoms. The highest BCUT2D eigenvalue weighted by atomic mass is 35.5. The van der Waals surface area contributed by atoms with Gasteiger partial charge < -0.3 is 0 Å². The van der Waals surface area contributed by atoms with Crippen LogP contribution in [0.25, 0.3) is 0 Å². The van der Waals surface area contributed by atoms with E-state index in [1.165, 1.54) is 5.56 Å². The number of halogens is 1. The van der Waals surface area contributed by atoms with Crippen molar-refractivity contribution in [2.24, 2.45) is 5.41 Å². The average molecular weight is 391 g/mol. The van der Waals surface area contributed by atoms with E-state index in [1.54, 1.807) is 28.6 Å². The van der Waals surface area contributed by atoms with E-state index in [1.807, 2.05) is 18.2 Å². The van der Waals surface area contributed by atoms with E-state index in [9.17, 15) is 8.42 Å². The van der Waals surface area contributed by atoms with Crippen LogP contribution < -0.4 is 0 Å². The maximum Gasteiger partial charge on any atom is 0.243 e. The fourth-order valence-corrected chi connectivity index (χ4v) is 5.89. The van der Waals surface area contributed by atoms with Crippen molar-refractivity contribution in [3.05, 3.63) is 65.2 Å². The molecule has 0 bridgehead atoms. The molecule has 1 atom stereocenters. The molecule has 2 aromatic rings. The van der Waals surface area contributed by atoms with E-state index in [-0.39, 0.29) is 5.41 Å². The molecular weight excluding hydrogens is 368 g/mol. The van der Waals surface area contributed by atoms with Gasteiger partial charge in [0, 0.05) is 31.2 Å². The van der Waals surface area contributed by atoms with Crippen molar-refractivity contribution >= 4 is 21.6 Å². The first kappa shape index (κ1) is 18.0. The van der Waals surface area contributed by atoms with Crippen LogP contribution in [-0.2, 0) is 16.6 Å². The summed E-state index contributed by atoms with van der Waals surface area (Å²) in [5, 5.41) is 0.754. The lowest BCUT2D eigenvalue weighted by atomic mass is 9.86. The molecule has 0 N–H and O–H groups in total. The largest absolute Gasteiger partial charge is 0.298 e. The lowest BCUT2D eigenvalue weighted by Crippen LogP contribution is -2.34. The lowest BCUT2D eigenvalue weighted by molar-refractivity contribution is 0.260. The molecule has 0 aromatic heterocycles. The van der Waals surface area contributed by atoms with E-state index in [2.05, 4.69) is 17.0 Å². The Balaban J connectivity index is 1.43. The molecule has 2 aliphatic heterocycles. The van der Waals surface area contributed by atoms with Crippen molar-refractivity contribution in [1.29, 1.82) is 0 Å². The Hall–Kier alpha value is -1.40. The van der Waals surface area contributed by atoms with Gasteiger partial charge in [0.25, 0.3) is 0 Å². The van der Waals surface area contributed by atoms with Crippen LogP contribution in [0.5, 0.6) is 0 Å². The molecular formula is C20H23ClN2O2S. The minimum Gasteiger partial charge on any atom is -0.298 e. The smallest absolute Gasteiger partial charge is 0.243 e. The van der Waals surface area contributed by atoms with E-state index >= 15 is 0 Å². The molecule has 138 valence electrons. The van der Waals surface area contributed by atoms with Crippen LogP contribution in [0.4, 0.5) is 0 Å². The molecule has 2 heterocycles. The molecule has 1 spiro atoms. The fraction of sp³-hybridized carbons (Fsp3) is 0.400. The fourth-order valence-electron chi connectivity index (χ4n) is 4.18. The zero-order chi connectivity index (χ0) is 18.2. The molecule has 0 radical (unpaired) electrons. The molecule has 2 fully saturated rings. The predicted octanol–water partition coefficient (Wildman–Crippen LogP) is 3.63. The third kappa shape index (κ3) is 3.54. The summed E-state index contributed by atoms with van der Waals surface area (Å²) < 4.78 is 27.4. The first-order chi connectivity index (χ1) is 12.5. The van der Waals surface area contributed by atoms with Crippen LogP contribution in [0.3, 0.4) is 0 Å². The lowest BCUT2D eigenvalue weighted by Gasteiger charge is -2.25. The van der Waals surface area contributed by atoms with Crippen molar-refractivity contribution in [3.63, 3.8) is 0 Å². The average Bonchev–Trinajstić information content (AvgIpc) is 3.25. The van der Waals surface area contributed by atoms with Gasteiger partial charge in [-0.1, -0.05) is 41.9 Å². The minimum absolute atomic E-state index is 0.0915. The van der Waals surface area contributed by atoms with E-state index in [4.69, 9.17) is 11.6 Å². The molecule has 4 nitrogen and oxygen atoms in total. The maximum absolute atomic E-state index is 12.9. The van der Waals surface area contributed by atoms with Crippen molar-refractivity contribution in [2.75, 3.05) is 26.2 Å². The molecule has 0 amide bonds. The Bertz CT molecular complexity index is 870. The van der Waals surface area contributed by atoms with E-state index < -0.39 is 10.0 Å². The third-order valence-corrected chi connectivity index (χ3v) is 7.73. The van der Waals surface area contributed by atoms with E-state index in [0.29, 0.717) is 18.0 Å². The first-order valence-corrected chi connectivity index (χ1v) is 10.8. The number of hydrogen-bond donors (Lipinski definition) is 0. The molecule has 4 rings (SSSR count). The second-order valence-corrected chi connectivity index (χ2v) is 9.86. The Morgan fingerprint density at radius 1 is 0.923 bits per heavy atom. The number of hydrogen-bond acceptors (Lipinski definition) is 3. The van der Waals surface area contributed by atoms with Crippen molar-refractivity contribution in [3.8, 4) is 0 Å². The van der Waals surface area contributed by atoms with Crippen LogP contribution >= 0.6 is 11.6 Å². The third-order valence-electron chi connectivity index (χ3n) is 5.62. The Morgan fingerprint density at radius 3 is 2.35 bits per heavy atom. The number of rotatable bonds is 4. The van der Waals surface area contributed by atoms with Gasteiger partial charge in [0.2, 0.25) is 10.0 Å². The maximum atomic E-state index is 12.9. The summed E-state index contributed by atoms with van der Waals surface area (Å²) in [7, 11) is -3.38. The van der Waals surface area contributed by atoms with Gasteiger partial charge in [-0.2, -0.15) is 4.31 Å². The van der Waals surface area contributed by atoms with Gasteiger partial charge in [0.1, 0.15) is 0 Å². The molecule has 0 saturated carbocycles. The van der Waals surface area contributed by atoms with Crippen LogP contribution in [-0.4, -0.2) is 43.8 Å². The Labute approximate surface area is 160 Å². The van der Waals surface area contributed by atoms with Crippen LogP contribution in [0, 0.1) is 5.41 Å². The Morgan fingerprint density at radius 2 is 1.62 bits per heavy atom. The number of sulfonamides is 1. The summed E-state index contributed by atoms with van der Waals surface area (Å²) >= 11 is 5.96. The summed E-state index contributed by atoms with van der Waals surface area (Å²) in [5.74, 6) is 0. The van der Waals surface area contributed by atoms with Crippen LogP contribution in [0.1, 0.15) is 18.4 Å². The summed E-state index contributed by atoms with van der Waals surface area (Å²) in [4.78, 5) is 2.83. The van der Waals surface area contributed by atoms with Gasteiger partial charge in [-0.3, -0.25) is 4.90 Å². The molecule has 2 saturated heterocycles. The standard InChI is InChI=1S/C20H23ClN2O2S/c21-18-8-6-17(7-9-18)14-22-12-10-20(15-22)11-13-23(16-20)26(24,25)19-4-2-1-3-5-19/h1-9H,10-16H2/t20-/m1/s1. The minimum atomic E-state index is -3.38. The normalized spacial score (nSPS) is 24.5. The highest BCUT2D eigenvalue weighted by Gasteiger charge is 2.46. The number of likely N-dealkylation sites (tertiary alicyclic amines) is 1. The van der Waals surface area contributed by atoms with Crippen molar-refractivity contribution in [1.82, 2.24) is 9.21 Å². The molecule has 6 heteroatoms. The van der Waals surface area contributed by atoms with E-state index in [0.717, 1.165) is 37.5 Å². The second-order valence-electron chi connectivity index (χ2n) is 7.49. The number of nitrogens with zero attached hydrogens (tertiary/aromatic N) is 2. The SMILES string of the molecule is O=S(=O)(c1ccccc1)N1CC[C@@]2(CCN(Cc3ccc(Cl)cc3)C2)C1. The highest BCUT2D eigenvalue weighted by Crippen LogP contribution is 2.41. The monoisotopic (exact) mass is 390 g/mol. The molecule has 0 unspecified atom stereocenters. The second kappa shape index (κ2) is 6.97. The highest BCUT2D eigenvalue weighted by molar-refractivity contribution is 7.89. The first-order valence-electron chi connectivity index (χ1n) is 8.99. The summed E-state index contributed by atoms with van der Waals surface area (Å²) in [5.41, 5.74) is 1.34. The topological polar surface area (TPSA) is 40.6 Å². The predicted molar refractivity (Wildman–Crippen MR) is 104 cm³/mol. The van der Waals surface area contributed by atoms with Gasteiger partial charge in [-0.05, 0) is 54.6 Å². The van der Waals surface area contributed by atoms with Crippen LogP contribution in [0.15, 0.2) is 59.5 Å². The van der Waals surface area contributed by atoms with Gasteiger partial charge in [0.15, 0.2) is 0 Å². The zero-order valence-electron chi connectivity index (χ0n) is 14.6. The van der Waals surface area contributed by atoms with Gasteiger partial charge in [-0.25, -0.2) is 8.42 Å². The number of benzene rings is 2. The van der Waals surface area contributed by atoms with Gasteiger partial charge >= 0.3 is 0 Å². The van der Waals surface area contributed by atoms with Crippen molar-refractivity contribution in [2.45, 2.75) is 24.3 Å². The summed E-state index contributed by atoms with van der Waals surface area (Å²) in [6.45, 7) is 4.11. The van der Waals surface area contributed by atoms with Gasteiger partial charge in [0.05, 0.1) is 4.90 Å². The molecule has 2 aliphatic rings. The van der Waals surface area contributed by atoms with Gasteiger partial charge in [-0.15, -0.1) is 0 Å². The Kier molecular flexibility index (Phi) is 4.82. The summed E-state index contributed by atoms with van der Waals surface area (Å²) in [6.07, 6.45) is 2.00. The van der Waals surface area contributed by atoms with Crippen molar-refractivity contribution < 1.29 is 8.42 Å². The quantitative estimate of drug-likeness (QED) is 0.800. The zero-order valence-corrected chi connectivity index (χ0v) is 16.2. The summed E-state index contributed by atoms with van der Waals surface area (Å²) in [6, 6.07) is 16.7.